The highest BCUT2D eigenvalue weighted by Gasteiger charge is 2.33. The van der Waals surface area contributed by atoms with E-state index < -0.39 is 0 Å². The van der Waals surface area contributed by atoms with Crippen molar-refractivity contribution in [1.82, 2.24) is 15.0 Å². The molecule has 4 rings (SSSR count). The fourth-order valence-electron chi connectivity index (χ4n) is 3.24. The molecule has 1 atom stereocenters. The second-order valence-corrected chi connectivity index (χ2v) is 5.56. The summed E-state index contributed by atoms with van der Waals surface area (Å²) in [7, 11) is 4.11. The maximum atomic E-state index is 11.2. The molecule has 0 spiro atoms. The molecule has 110 valence electrons. The van der Waals surface area contributed by atoms with Crippen LogP contribution in [0, 0.1) is 0 Å². The van der Waals surface area contributed by atoms with Gasteiger partial charge in [-0.15, -0.1) is 0 Å². The summed E-state index contributed by atoms with van der Waals surface area (Å²) in [5.41, 5.74) is 5.73. The van der Waals surface area contributed by atoms with Gasteiger partial charge in [-0.3, -0.25) is 9.78 Å². The Balaban J connectivity index is 1.90. The molecule has 0 radical (unpaired) electrons. The van der Waals surface area contributed by atoms with Crippen molar-refractivity contribution in [2.75, 3.05) is 19.1 Å². The van der Waals surface area contributed by atoms with Crippen molar-refractivity contribution in [1.29, 1.82) is 0 Å². The number of rotatable bonds is 2. The molecule has 0 fully saturated rings. The van der Waals surface area contributed by atoms with E-state index in [0.29, 0.717) is 5.56 Å². The lowest BCUT2D eigenvalue weighted by molar-refractivity contribution is 0.112. The van der Waals surface area contributed by atoms with E-state index in [4.69, 9.17) is 0 Å². The fourth-order valence-corrected chi connectivity index (χ4v) is 3.24. The number of carbonyl (C=O) groups excluding carboxylic acids is 1. The van der Waals surface area contributed by atoms with E-state index in [2.05, 4.69) is 52.3 Å². The van der Waals surface area contributed by atoms with Gasteiger partial charge in [0.25, 0.3) is 0 Å². The number of pyridine rings is 1. The van der Waals surface area contributed by atoms with E-state index in [1.807, 2.05) is 12.1 Å². The first-order valence-corrected chi connectivity index (χ1v) is 7.19. The van der Waals surface area contributed by atoms with Gasteiger partial charge in [-0.2, -0.15) is 0 Å². The minimum Gasteiger partial charge on any atom is -0.355 e. The molecule has 1 aliphatic heterocycles. The number of H-pyrrole nitrogens is 1. The molecule has 1 aromatic carbocycles. The lowest BCUT2D eigenvalue weighted by Crippen LogP contribution is -2.33. The molecule has 3 aromatic rings. The van der Waals surface area contributed by atoms with Crippen molar-refractivity contribution in [3.05, 3.63) is 59.4 Å². The van der Waals surface area contributed by atoms with Gasteiger partial charge in [0.2, 0.25) is 0 Å². The summed E-state index contributed by atoms with van der Waals surface area (Å²) in [6.07, 6.45) is 2.53. The van der Waals surface area contributed by atoms with E-state index in [0.717, 1.165) is 23.0 Å². The van der Waals surface area contributed by atoms with Crippen LogP contribution in [0.5, 0.6) is 0 Å². The number of anilines is 1. The largest absolute Gasteiger partial charge is 0.355 e. The van der Waals surface area contributed by atoms with Gasteiger partial charge in [-0.25, -0.2) is 5.01 Å². The van der Waals surface area contributed by atoms with Gasteiger partial charge in [0, 0.05) is 37.1 Å². The number of benzene rings is 1. The van der Waals surface area contributed by atoms with Crippen molar-refractivity contribution in [2.45, 2.75) is 6.04 Å². The molecular formula is C17H16N4O. The van der Waals surface area contributed by atoms with Crippen molar-refractivity contribution >= 4 is 23.0 Å². The number of hydrazine groups is 1. The van der Waals surface area contributed by atoms with Gasteiger partial charge >= 0.3 is 0 Å². The molecule has 0 aliphatic carbocycles. The van der Waals surface area contributed by atoms with Gasteiger partial charge in [-0.1, -0.05) is 18.2 Å². The van der Waals surface area contributed by atoms with E-state index in [1.54, 1.807) is 12.3 Å². The first-order valence-electron chi connectivity index (χ1n) is 7.19. The first-order chi connectivity index (χ1) is 10.7. The van der Waals surface area contributed by atoms with Gasteiger partial charge in [-0.05, 0) is 18.2 Å². The lowest BCUT2D eigenvalue weighted by atomic mass is 10.0. The molecule has 0 bridgehead atoms. The van der Waals surface area contributed by atoms with Gasteiger partial charge in [0.05, 0.1) is 22.8 Å². The standard InChI is InChI=1S/C17H16N4O/c1-20-15-6-4-3-5-12(15)17(21(20)2)14-9-13-16(19-14)11(10-22)7-8-18-13/h3-10,17,19H,1-2H3. The summed E-state index contributed by atoms with van der Waals surface area (Å²) in [6, 6.07) is 12.2. The molecule has 5 nitrogen and oxygen atoms in total. The van der Waals surface area contributed by atoms with Crippen molar-refractivity contribution in [3.63, 3.8) is 0 Å². The van der Waals surface area contributed by atoms with Crippen LogP contribution in [0.4, 0.5) is 5.69 Å². The molecule has 5 heteroatoms. The Hall–Kier alpha value is -2.66. The third-order valence-electron chi connectivity index (χ3n) is 4.42. The molecule has 2 aromatic heterocycles. The van der Waals surface area contributed by atoms with E-state index >= 15 is 0 Å². The van der Waals surface area contributed by atoms with Crippen LogP contribution in [-0.2, 0) is 0 Å². The van der Waals surface area contributed by atoms with Crippen LogP contribution in [-0.4, -0.2) is 35.4 Å². The maximum absolute atomic E-state index is 11.2. The van der Waals surface area contributed by atoms with Crippen LogP contribution in [0.25, 0.3) is 11.0 Å². The topological polar surface area (TPSA) is 52.2 Å². The third-order valence-corrected chi connectivity index (χ3v) is 4.42. The molecular weight excluding hydrogens is 276 g/mol. The average Bonchev–Trinajstić information content (AvgIpc) is 3.07. The fraction of sp³-hybridized carbons (Fsp3) is 0.176. The van der Waals surface area contributed by atoms with Crippen molar-refractivity contribution in [3.8, 4) is 0 Å². The molecule has 1 unspecified atom stereocenters. The normalized spacial score (nSPS) is 17.9. The SMILES string of the molecule is CN1c2ccccc2C(c2cc3nccc(C=O)c3[nH]2)N1C. The summed E-state index contributed by atoms with van der Waals surface area (Å²) in [6.45, 7) is 0. The van der Waals surface area contributed by atoms with E-state index in [1.165, 1.54) is 11.3 Å². The first kappa shape index (κ1) is 13.0. The molecule has 22 heavy (non-hydrogen) atoms. The number of aldehydes is 1. The van der Waals surface area contributed by atoms with Crippen molar-refractivity contribution in [2.24, 2.45) is 0 Å². The smallest absolute Gasteiger partial charge is 0.152 e. The van der Waals surface area contributed by atoms with E-state index in [-0.39, 0.29) is 6.04 Å². The predicted molar refractivity (Wildman–Crippen MR) is 85.9 cm³/mol. The zero-order valence-corrected chi connectivity index (χ0v) is 12.4. The third kappa shape index (κ3) is 1.69. The second kappa shape index (κ2) is 4.68. The summed E-state index contributed by atoms with van der Waals surface area (Å²) in [5, 5.41) is 4.32. The van der Waals surface area contributed by atoms with Gasteiger partial charge < -0.3 is 9.99 Å². The highest BCUT2D eigenvalue weighted by Crippen LogP contribution is 2.41. The number of carbonyl (C=O) groups is 1. The van der Waals surface area contributed by atoms with Crippen LogP contribution in [0.3, 0.4) is 0 Å². The van der Waals surface area contributed by atoms with Gasteiger partial charge in [0.15, 0.2) is 6.29 Å². The quantitative estimate of drug-likeness (QED) is 0.738. The van der Waals surface area contributed by atoms with Crippen molar-refractivity contribution < 1.29 is 4.79 Å². The maximum Gasteiger partial charge on any atom is 0.152 e. The summed E-state index contributed by atoms with van der Waals surface area (Å²) in [4.78, 5) is 18.9. The minimum absolute atomic E-state index is 0.0925. The monoisotopic (exact) mass is 292 g/mol. The Morgan fingerprint density at radius 1 is 1.23 bits per heavy atom. The number of nitrogens with zero attached hydrogens (tertiary/aromatic N) is 3. The Morgan fingerprint density at radius 2 is 2.05 bits per heavy atom. The minimum atomic E-state index is 0.0925. The number of aromatic nitrogens is 2. The molecule has 1 aliphatic rings. The van der Waals surface area contributed by atoms with Crippen LogP contribution < -0.4 is 5.01 Å². The van der Waals surface area contributed by atoms with E-state index in [9.17, 15) is 4.79 Å². The zero-order valence-electron chi connectivity index (χ0n) is 12.4. The Labute approximate surface area is 128 Å². The number of para-hydroxylation sites is 1. The predicted octanol–water partition coefficient (Wildman–Crippen LogP) is 2.76. The number of hydrogen-bond donors (Lipinski definition) is 1. The Morgan fingerprint density at radius 3 is 2.86 bits per heavy atom. The number of aromatic amines is 1. The molecule has 0 amide bonds. The summed E-state index contributed by atoms with van der Waals surface area (Å²) < 4.78 is 0. The Bertz CT molecular complexity index is 870. The van der Waals surface area contributed by atoms with Gasteiger partial charge in [0.1, 0.15) is 0 Å². The highest BCUT2D eigenvalue weighted by atomic mass is 16.1. The van der Waals surface area contributed by atoms with Crippen LogP contribution in [0.15, 0.2) is 42.6 Å². The molecule has 3 heterocycles. The van der Waals surface area contributed by atoms with Crippen LogP contribution in [0.2, 0.25) is 0 Å². The second-order valence-electron chi connectivity index (χ2n) is 5.56. The number of nitrogens with one attached hydrogen (secondary N) is 1. The summed E-state index contributed by atoms with van der Waals surface area (Å²) in [5.74, 6) is 0. The number of fused-ring (bicyclic) bond motifs is 2. The van der Waals surface area contributed by atoms with Crippen LogP contribution in [0.1, 0.15) is 27.7 Å². The highest BCUT2D eigenvalue weighted by molar-refractivity contribution is 5.94. The van der Waals surface area contributed by atoms with Crippen LogP contribution >= 0.6 is 0 Å². The lowest BCUT2D eigenvalue weighted by Gasteiger charge is -2.26. The average molecular weight is 292 g/mol. The zero-order chi connectivity index (χ0) is 15.3. The number of hydrogen-bond acceptors (Lipinski definition) is 4. The molecule has 1 N–H and O–H groups in total. The molecule has 0 saturated carbocycles. The Kier molecular flexibility index (Phi) is 2.77. The summed E-state index contributed by atoms with van der Waals surface area (Å²) >= 11 is 0. The molecule has 0 saturated heterocycles.